The Morgan fingerprint density at radius 1 is 1.43 bits per heavy atom. The first-order valence-corrected chi connectivity index (χ1v) is 6.78. The highest BCUT2D eigenvalue weighted by atomic mass is 19.1. The lowest BCUT2D eigenvalue weighted by Gasteiger charge is -2.40. The van der Waals surface area contributed by atoms with E-state index in [1.165, 1.54) is 17.0 Å². The van der Waals surface area contributed by atoms with Crippen LogP contribution in [0.2, 0.25) is 0 Å². The van der Waals surface area contributed by atoms with Gasteiger partial charge in [0.2, 0.25) is 0 Å². The molecular weight excluding hydrogens is 277 g/mol. The molecule has 114 valence electrons. The van der Waals surface area contributed by atoms with Gasteiger partial charge in [-0.3, -0.25) is 4.79 Å². The van der Waals surface area contributed by atoms with Gasteiger partial charge >= 0.3 is 6.09 Å². The second-order valence-electron chi connectivity index (χ2n) is 5.01. The van der Waals surface area contributed by atoms with Gasteiger partial charge in [-0.2, -0.15) is 0 Å². The van der Waals surface area contributed by atoms with Crippen molar-refractivity contribution in [1.29, 1.82) is 0 Å². The molecule has 0 spiro atoms. The van der Waals surface area contributed by atoms with Gasteiger partial charge in [0.05, 0.1) is 11.6 Å². The Balaban J connectivity index is 2.18. The van der Waals surface area contributed by atoms with Gasteiger partial charge in [0, 0.05) is 25.3 Å². The number of carbonyl (C=O) groups is 2. The molecule has 3 N–H and O–H groups in total. The fraction of sp³-hybridized carbons (Fsp3) is 0.429. The number of amides is 2. The SMILES string of the molecule is CCC1CN(c2ccc(C(N)=O)c(F)c2)CCN1C(=O)O. The number of carboxylic acid groups (broad SMARTS) is 1. The maximum Gasteiger partial charge on any atom is 0.407 e. The standard InChI is InChI=1S/C14H18FN3O3/c1-2-9-8-17(5-6-18(9)14(20)21)10-3-4-11(13(16)19)12(15)7-10/h3-4,7,9H,2,5-6,8H2,1H3,(H2,16,19)(H,20,21). The summed E-state index contributed by atoms with van der Waals surface area (Å²) in [6.07, 6.45) is -0.248. The zero-order valence-corrected chi connectivity index (χ0v) is 11.8. The minimum Gasteiger partial charge on any atom is -0.465 e. The van der Waals surface area contributed by atoms with Crippen molar-refractivity contribution >= 4 is 17.7 Å². The van der Waals surface area contributed by atoms with Crippen LogP contribution in [0, 0.1) is 5.82 Å². The van der Waals surface area contributed by atoms with E-state index in [1.807, 2.05) is 11.8 Å². The molecule has 2 amide bonds. The largest absolute Gasteiger partial charge is 0.465 e. The highest BCUT2D eigenvalue weighted by molar-refractivity contribution is 5.93. The molecule has 21 heavy (non-hydrogen) atoms. The molecule has 1 heterocycles. The van der Waals surface area contributed by atoms with Crippen molar-refractivity contribution in [3.8, 4) is 0 Å². The van der Waals surface area contributed by atoms with Crippen molar-refractivity contribution in [2.24, 2.45) is 5.73 Å². The zero-order valence-electron chi connectivity index (χ0n) is 11.8. The normalized spacial score (nSPS) is 18.7. The Bertz CT molecular complexity index is 564. The Kier molecular flexibility index (Phi) is 4.30. The van der Waals surface area contributed by atoms with Gasteiger partial charge in [-0.15, -0.1) is 0 Å². The van der Waals surface area contributed by atoms with E-state index in [1.54, 1.807) is 6.07 Å². The van der Waals surface area contributed by atoms with Gasteiger partial charge in [-0.25, -0.2) is 9.18 Å². The molecule has 1 aromatic carbocycles. The number of hydrogen-bond donors (Lipinski definition) is 2. The number of anilines is 1. The number of benzene rings is 1. The van der Waals surface area contributed by atoms with E-state index in [4.69, 9.17) is 10.8 Å². The van der Waals surface area contributed by atoms with E-state index >= 15 is 0 Å². The first kappa shape index (κ1) is 15.1. The number of piperazine rings is 1. The monoisotopic (exact) mass is 295 g/mol. The average molecular weight is 295 g/mol. The van der Waals surface area contributed by atoms with Crippen LogP contribution in [0.3, 0.4) is 0 Å². The van der Waals surface area contributed by atoms with Crippen LogP contribution in [-0.4, -0.2) is 47.7 Å². The van der Waals surface area contributed by atoms with Crippen LogP contribution in [0.15, 0.2) is 18.2 Å². The molecule has 1 atom stereocenters. The predicted molar refractivity (Wildman–Crippen MR) is 75.9 cm³/mol. The fourth-order valence-corrected chi connectivity index (χ4v) is 2.59. The number of rotatable bonds is 3. The van der Waals surface area contributed by atoms with Crippen molar-refractivity contribution in [3.63, 3.8) is 0 Å². The van der Waals surface area contributed by atoms with E-state index in [9.17, 15) is 14.0 Å². The minimum atomic E-state index is -0.934. The Morgan fingerprint density at radius 2 is 2.14 bits per heavy atom. The third kappa shape index (κ3) is 3.07. The summed E-state index contributed by atoms with van der Waals surface area (Å²) in [7, 11) is 0. The van der Waals surface area contributed by atoms with Crippen LogP contribution in [0.25, 0.3) is 0 Å². The second kappa shape index (κ2) is 5.99. The lowest BCUT2D eigenvalue weighted by atomic mass is 10.1. The summed E-state index contributed by atoms with van der Waals surface area (Å²) in [5.74, 6) is -1.46. The second-order valence-corrected chi connectivity index (χ2v) is 5.01. The van der Waals surface area contributed by atoms with Crippen molar-refractivity contribution in [2.75, 3.05) is 24.5 Å². The first-order chi connectivity index (χ1) is 9.93. The molecule has 0 saturated carbocycles. The molecule has 2 rings (SSSR count). The van der Waals surface area contributed by atoms with Crippen molar-refractivity contribution < 1.29 is 19.1 Å². The van der Waals surface area contributed by atoms with E-state index in [2.05, 4.69) is 0 Å². The molecular formula is C14H18FN3O3. The van der Waals surface area contributed by atoms with E-state index in [0.717, 1.165) is 0 Å². The third-order valence-electron chi connectivity index (χ3n) is 3.78. The fourth-order valence-electron chi connectivity index (χ4n) is 2.59. The zero-order chi connectivity index (χ0) is 15.6. The highest BCUT2D eigenvalue weighted by Crippen LogP contribution is 2.23. The number of hydrogen-bond acceptors (Lipinski definition) is 3. The summed E-state index contributed by atoms with van der Waals surface area (Å²) in [6.45, 7) is 3.27. The predicted octanol–water partition coefficient (Wildman–Crippen LogP) is 1.50. The topological polar surface area (TPSA) is 86.9 Å². The van der Waals surface area contributed by atoms with Gasteiger partial charge in [0.1, 0.15) is 5.82 Å². The van der Waals surface area contributed by atoms with Crippen molar-refractivity contribution in [1.82, 2.24) is 4.90 Å². The summed E-state index contributed by atoms with van der Waals surface area (Å²) in [6, 6.07) is 4.13. The van der Waals surface area contributed by atoms with Gasteiger partial charge in [-0.05, 0) is 24.6 Å². The van der Waals surface area contributed by atoms with Crippen molar-refractivity contribution in [3.05, 3.63) is 29.6 Å². The molecule has 1 fully saturated rings. The van der Waals surface area contributed by atoms with Crippen LogP contribution in [0.1, 0.15) is 23.7 Å². The molecule has 6 nitrogen and oxygen atoms in total. The lowest BCUT2D eigenvalue weighted by molar-refractivity contribution is 0.0995. The summed E-state index contributed by atoms with van der Waals surface area (Å²) in [4.78, 5) is 25.5. The van der Waals surface area contributed by atoms with E-state index in [0.29, 0.717) is 31.7 Å². The molecule has 0 aliphatic carbocycles. The molecule has 0 aromatic heterocycles. The highest BCUT2D eigenvalue weighted by Gasteiger charge is 2.29. The number of nitrogens with two attached hydrogens (primary N) is 1. The van der Waals surface area contributed by atoms with Crippen LogP contribution >= 0.6 is 0 Å². The summed E-state index contributed by atoms with van der Waals surface area (Å²) < 4.78 is 13.8. The number of halogens is 1. The molecule has 1 unspecified atom stereocenters. The molecule has 1 aromatic rings. The number of nitrogens with zero attached hydrogens (tertiary/aromatic N) is 2. The van der Waals surface area contributed by atoms with E-state index in [-0.39, 0.29) is 11.6 Å². The molecule has 0 radical (unpaired) electrons. The first-order valence-electron chi connectivity index (χ1n) is 6.78. The summed E-state index contributed by atoms with van der Waals surface area (Å²) in [5.41, 5.74) is 5.56. The Labute approximate surface area is 121 Å². The lowest BCUT2D eigenvalue weighted by Crippen LogP contribution is -2.54. The summed E-state index contributed by atoms with van der Waals surface area (Å²) in [5, 5.41) is 9.13. The van der Waals surface area contributed by atoms with Crippen LogP contribution in [-0.2, 0) is 0 Å². The maximum atomic E-state index is 13.8. The van der Waals surface area contributed by atoms with Gasteiger partial charge < -0.3 is 20.6 Å². The number of carbonyl (C=O) groups excluding carboxylic acids is 1. The average Bonchev–Trinajstić information content (AvgIpc) is 2.45. The van der Waals surface area contributed by atoms with Crippen LogP contribution < -0.4 is 10.6 Å². The smallest absolute Gasteiger partial charge is 0.407 e. The Morgan fingerprint density at radius 3 is 2.67 bits per heavy atom. The van der Waals surface area contributed by atoms with Gasteiger partial charge in [-0.1, -0.05) is 6.92 Å². The number of primary amides is 1. The van der Waals surface area contributed by atoms with Gasteiger partial charge in [0.25, 0.3) is 5.91 Å². The molecule has 0 bridgehead atoms. The molecule has 1 saturated heterocycles. The summed E-state index contributed by atoms with van der Waals surface area (Å²) >= 11 is 0. The molecule has 1 aliphatic rings. The van der Waals surface area contributed by atoms with Crippen LogP contribution in [0.4, 0.5) is 14.9 Å². The third-order valence-corrected chi connectivity index (χ3v) is 3.78. The maximum absolute atomic E-state index is 13.8. The Hall–Kier alpha value is -2.31. The van der Waals surface area contributed by atoms with E-state index < -0.39 is 17.8 Å². The molecule has 7 heteroatoms. The van der Waals surface area contributed by atoms with Gasteiger partial charge in [0.15, 0.2) is 0 Å². The molecule has 1 aliphatic heterocycles. The van der Waals surface area contributed by atoms with Crippen molar-refractivity contribution in [2.45, 2.75) is 19.4 Å². The quantitative estimate of drug-likeness (QED) is 0.884. The minimum absolute atomic E-state index is 0.130. The van der Waals surface area contributed by atoms with Crippen LogP contribution in [0.5, 0.6) is 0 Å².